The summed E-state index contributed by atoms with van der Waals surface area (Å²) < 4.78 is 6.49. The lowest BCUT2D eigenvalue weighted by Gasteiger charge is -2.26. The summed E-state index contributed by atoms with van der Waals surface area (Å²) in [4.78, 5) is 54.5. The summed E-state index contributed by atoms with van der Waals surface area (Å²) in [6.45, 7) is 7.02. The first kappa shape index (κ1) is 25.5. The molecule has 0 spiro atoms. The van der Waals surface area contributed by atoms with E-state index < -0.39 is 29.7 Å². The zero-order valence-corrected chi connectivity index (χ0v) is 20.3. The number of aromatic amines is 1. The molecular weight excluding hydrogens is 448 g/mol. The van der Waals surface area contributed by atoms with Gasteiger partial charge >= 0.3 is 11.7 Å². The fourth-order valence-electron chi connectivity index (χ4n) is 3.68. The number of amides is 1. The summed E-state index contributed by atoms with van der Waals surface area (Å²) >= 11 is 0. The number of aromatic nitrogens is 2. The lowest BCUT2D eigenvalue weighted by atomic mass is 10.1. The number of benzene rings is 2. The van der Waals surface area contributed by atoms with Crippen molar-refractivity contribution in [3.63, 3.8) is 0 Å². The minimum Gasteiger partial charge on any atom is -0.452 e. The molecule has 35 heavy (non-hydrogen) atoms. The molecule has 184 valence electrons. The number of hydrogen-bond donors (Lipinski definition) is 2. The second-order valence-electron chi connectivity index (χ2n) is 8.86. The molecule has 0 atom stereocenters. The van der Waals surface area contributed by atoms with E-state index in [1.165, 1.54) is 9.47 Å². The Labute approximate surface area is 203 Å². The summed E-state index contributed by atoms with van der Waals surface area (Å²) in [5, 5.41) is 0. The molecule has 0 aliphatic carbocycles. The fourth-order valence-corrected chi connectivity index (χ4v) is 3.68. The van der Waals surface area contributed by atoms with Crippen LogP contribution in [0.4, 0.5) is 11.5 Å². The normalized spacial score (nSPS) is 10.9. The summed E-state index contributed by atoms with van der Waals surface area (Å²) in [5.41, 5.74) is 7.42. The Bertz CT molecular complexity index is 1340. The molecule has 1 aromatic heterocycles. The second-order valence-corrected chi connectivity index (χ2v) is 8.86. The van der Waals surface area contributed by atoms with Crippen LogP contribution in [0.1, 0.15) is 40.9 Å². The standard InChI is InChI=1S/C26H30N4O5/c1-16(2)13-29(21(31)15-35-25(33)20-12-17(3)10-11-18(20)4)22-23(27)30(26(34)28-24(22)32)14-19-8-6-5-7-9-19/h5-12,16H,13-15,27H2,1-4H3,(H,28,32,34). The number of anilines is 2. The van der Waals surface area contributed by atoms with Crippen molar-refractivity contribution in [2.45, 2.75) is 34.2 Å². The maximum Gasteiger partial charge on any atom is 0.338 e. The van der Waals surface area contributed by atoms with Crippen LogP contribution in [0.25, 0.3) is 0 Å². The summed E-state index contributed by atoms with van der Waals surface area (Å²) in [6.07, 6.45) is 0. The zero-order valence-electron chi connectivity index (χ0n) is 20.3. The van der Waals surface area contributed by atoms with E-state index in [4.69, 9.17) is 10.5 Å². The Hall–Kier alpha value is -4.14. The molecule has 9 heteroatoms. The molecule has 0 unspecified atom stereocenters. The van der Waals surface area contributed by atoms with Crippen LogP contribution < -0.4 is 21.9 Å². The summed E-state index contributed by atoms with van der Waals surface area (Å²) in [7, 11) is 0. The molecule has 0 bridgehead atoms. The van der Waals surface area contributed by atoms with Gasteiger partial charge in [-0.2, -0.15) is 0 Å². The molecule has 0 fully saturated rings. The number of carbonyl (C=O) groups is 2. The maximum atomic E-state index is 13.2. The van der Waals surface area contributed by atoms with E-state index in [9.17, 15) is 19.2 Å². The van der Waals surface area contributed by atoms with Gasteiger partial charge in [0.25, 0.3) is 11.5 Å². The van der Waals surface area contributed by atoms with Gasteiger partial charge in [0, 0.05) is 6.54 Å². The van der Waals surface area contributed by atoms with E-state index in [1.807, 2.05) is 57.2 Å². The third-order valence-corrected chi connectivity index (χ3v) is 5.46. The molecule has 0 saturated carbocycles. The average molecular weight is 479 g/mol. The first-order valence-electron chi connectivity index (χ1n) is 11.3. The highest BCUT2D eigenvalue weighted by Gasteiger charge is 2.26. The van der Waals surface area contributed by atoms with Crippen LogP contribution >= 0.6 is 0 Å². The highest BCUT2D eigenvalue weighted by Crippen LogP contribution is 2.20. The largest absolute Gasteiger partial charge is 0.452 e. The molecule has 2 aromatic carbocycles. The van der Waals surface area contributed by atoms with Gasteiger partial charge in [0.05, 0.1) is 12.1 Å². The predicted octanol–water partition coefficient (Wildman–Crippen LogP) is 2.63. The molecule has 0 saturated heterocycles. The number of nitrogens with two attached hydrogens (primary N) is 1. The molecule has 1 heterocycles. The van der Waals surface area contributed by atoms with E-state index in [-0.39, 0.29) is 30.5 Å². The highest BCUT2D eigenvalue weighted by molar-refractivity contribution is 5.99. The Morgan fingerprint density at radius 1 is 1.09 bits per heavy atom. The van der Waals surface area contributed by atoms with Gasteiger partial charge in [-0.05, 0) is 37.0 Å². The minimum atomic E-state index is -0.785. The molecule has 0 aliphatic heterocycles. The molecule has 0 aliphatic rings. The van der Waals surface area contributed by atoms with E-state index >= 15 is 0 Å². The van der Waals surface area contributed by atoms with Gasteiger partial charge in [-0.25, -0.2) is 9.59 Å². The predicted molar refractivity (Wildman–Crippen MR) is 135 cm³/mol. The number of esters is 1. The Balaban J connectivity index is 1.92. The molecular formula is C26H30N4O5. The topological polar surface area (TPSA) is 127 Å². The lowest BCUT2D eigenvalue weighted by molar-refractivity contribution is -0.121. The smallest absolute Gasteiger partial charge is 0.338 e. The summed E-state index contributed by atoms with van der Waals surface area (Å²) in [6, 6.07) is 14.5. The third-order valence-electron chi connectivity index (χ3n) is 5.46. The molecule has 9 nitrogen and oxygen atoms in total. The number of nitrogens with one attached hydrogen (secondary N) is 1. The van der Waals surface area contributed by atoms with Crippen molar-refractivity contribution in [3.8, 4) is 0 Å². The van der Waals surface area contributed by atoms with Gasteiger partial charge in [0.15, 0.2) is 12.3 Å². The van der Waals surface area contributed by atoms with Crippen LogP contribution in [0.5, 0.6) is 0 Å². The van der Waals surface area contributed by atoms with E-state index in [2.05, 4.69) is 4.98 Å². The van der Waals surface area contributed by atoms with Crippen molar-refractivity contribution in [3.05, 3.63) is 91.6 Å². The Morgan fingerprint density at radius 3 is 2.43 bits per heavy atom. The van der Waals surface area contributed by atoms with Crippen LogP contribution in [0, 0.1) is 19.8 Å². The molecule has 3 N–H and O–H groups in total. The van der Waals surface area contributed by atoms with Crippen molar-refractivity contribution in [1.29, 1.82) is 0 Å². The number of rotatable bonds is 8. The highest BCUT2D eigenvalue weighted by atomic mass is 16.5. The SMILES string of the molecule is Cc1ccc(C)c(C(=O)OCC(=O)N(CC(C)C)c2c(N)n(Cc3ccccc3)c(=O)[nH]c2=O)c1. The van der Waals surface area contributed by atoms with E-state index in [0.717, 1.165) is 16.7 Å². The number of nitrogen functional groups attached to an aromatic ring is 1. The number of hydrogen-bond acceptors (Lipinski definition) is 6. The van der Waals surface area contributed by atoms with Gasteiger partial charge < -0.3 is 15.4 Å². The van der Waals surface area contributed by atoms with E-state index in [1.54, 1.807) is 19.1 Å². The van der Waals surface area contributed by atoms with Crippen LogP contribution in [-0.4, -0.2) is 34.6 Å². The number of nitrogens with zero attached hydrogens (tertiary/aromatic N) is 2. The van der Waals surface area contributed by atoms with Crippen LogP contribution in [-0.2, 0) is 16.1 Å². The van der Waals surface area contributed by atoms with Gasteiger partial charge in [0.2, 0.25) is 0 Å². The van der Waals surface area contributed by atoms with Crippen LogP contribution in [0.2, 0.25) is 0 Å². The third kappa shape index (κ3) is 6.06. The maximum absolute atomic E-state index is 13.2. The number of ether oxygens (including phenoxy) is 1. The second kappa shape index (κ2) is 10.9. The number of H-pyrrole nitrogens is 1. The van der Waals surface area contributed by atoms with Gasteiger partial charge in [0.1, 0.15) is 5.82 Å². The molecule has 1 amide bonds. The van der Waals surface area contributed by atoms with Gasteiger partial charge in [-0.3, -0.25) is 19.1 Å². The van der Waals surface area contributed by atoms with Crippen LogP contribution in [0.15, 0.2) is 58.1 Å². The quantitative estimate of drug-likeness (QED) is 0.479. The lowest BCUT2D eigenvalue weighted by Crippen LogP contribution is -2.44. The van der Waals surface area contributed by atoms with Crippen molar-refractivity contribution in [2.24, 2.45) is 5.92 Å². The van der Waals surface area contributed by atoms with Crippen LogP contribution in [0.3, 0.4) is 0 Å². The molecule has 0 radical (unpaired) electrons. The Morgan fingerprint density at radius 2 is 1.77 bits per heavy atom. The number of aryl methyl sites for hydroxylation is 2. The first-order valence-corrected chi connectivity index (χ1v) is 11.3. The van der Waals surface area contributed by atoms with Crippen molar-refractivity contribution >= 4 is 23.4 Å². The van der Waals surface area contributed by atoms with E-state index in [0.29, 0.717) is 5.56 Å². The van der Waals surface area contributed by atoms with Gasteiger partial charge in [-0.15, -0.1) is 0 Å². The minimum absolute atomic E-state index is 0.0398. The monoisotopic (exact) mass is 478 g/mol. The molecule has 3 aromatic rings. The Kier molecular flexibility index (Phi) is 7.91. The van der Waals surface area contributed by atoms with Crippen molar-refractivity contribution < 1.29 is 14.3 Å². The summed E-state index contributed by atoms with van der Waals surface area (Å²) in [5.74, 6) is -1.45. The number of carbonyl (C=O) groups excluding carboxylic acids is 2. The molecule has 3 rings (SSSR count). The fraction of sp³-hybridized carbons (Fsp3) is 0.308. The van der Waals surface area contributed by atoms with Crippen molar-refractivity contribution in [1.82, 2.24) is 9.55 Å². The zero-order chi connectivity index (χ0) is 25.7. The van der Waals surface area contributed by atoms with Crippen molar-refractivity contribution in [2.75, 3.05) is 23.8 Å². The average Bonchev–Trinajstić information content (AvgIpc) is 2.81. The first-order chi connectivity index (χ1) is 16.6. The van der Waals surface area contributed by atoms with Gasteiger partial charge in [-0.1, -0.05) is 61.9 Å².